The van der Waals surface area contributed by atoms with Gasteiger partial charge in [-0.2, -0.15) is 0 Å². The molecule has 0 aromatic heterocycles. The summed E-state index contributed by atoms with van der Waals surface area (Å²) in [4.78, 5) is 25.5. The summed E-state index contributed by atoms with van der Waals surface area (Å²) >= 11 is 6.89. The summed E-state index contributed by atoms with van der Waals surface area (Å²) in [5.41, 5.74) is 2.22. The van der Waals surface area contributed by atoms with Crippen molar-refractivity contribution in [1.82, 2.24) is 0 Å². The Morgan fingerprint density at radius 2 is 1.96 bits per heavy atom. The minimum atomic E-state index is -0.546. The van der Waals surface area contributed by atoms with Crippen LogP contribution < -0.4 is 4.90 Å². The number of halogens is 2. The van der Waals surface area contributed by atoms with E-state index >= 15 is 0 Å². The molecule has 0 saturated heterocycles. The third-order valence-corrected chi connectivity index (χ3v) is 4.58. The van der Waals surface area contributed by atoms with Crippen LogP contribution in [0.25, 0.3) is 5.57 Å². The van der Waals surface area contributed by atoms with Gasteiger partial charge in [0.2, 0.25) is 0 Å². The lowest BCUT2D eigenvalue weighted by atomic mass is 9.99. The molecule has 0 aliphatic carbocycles. The number of carbonyl (C=O) groups is 1. The van der Waals surface area contributed by atoms with Crippen molar-refractivity contribution in [3.05, 3.63) is 40.0 Å². The van der Waals surface area contributed by atoms with Crippen LogP contribution in [0.1, 0.15) is 26.3 Å². The Hall–Kier alpha value is -1.36. The smallest absolute Gasteiger partial charge is 0.326 e. The number of ether oxygens (including phenoxy) is 1. The van der Waals surface area contributed by atoms with Crippen molar-refractivity contribution in [1.29, 1.82) is 0 Å². The van der Waals surface area contributed by atoms with Gasteiger partial charge in [0.1, 0.15) is 18.1 Å². The quantitative estimate of drug-likeness (QED) is 0.402. The number of rotatable bonds is 3. The molecule has 0 amide bonds. The summed E-state index contributed by atoms with van der Waals surface area (Å²) in [5.74, 6) is 1.66. The monoisotopic (exact) mass is 441 g/mol. The Morgan fingerprint density at radius 1 is 1.30 bits per heavy atom. The summed E-state index contributed by atoms with van der Waals surface area (Å²) in [5, 5.41) is 0.482. The van der Waals surface area contributed by atoms with Crippen LogP contribution in [0.4, 0.5) is 5.69 Å². The molecule has 1 aromatic rings. The molecular weight excluding hydrogens is 426 g/mol. The zero-order valence-corrected chi connectivity index (χ0v) is 16.3. The highest BCUT2D eigenvalue weighted by Gasteiger charge is 2.30. The van der Waals surface area contributed by atoms with Gasteiger partial charge in [0, 0.05) is 16.6 Å². The molecule has 0 N–H and O–H groups in total. The van der Waals surface area contributed by atoms with Gasteiger partial charge in [0.15, 0.2) is 0 Å². The Morgan fingerprint density at radius 3 is 2.52 bits per heavy atom. The Kier molecular flexibility index (Phi) is 5.50. The molecule has 0 bridgehead atoms. The molecule has 23 heavy (non-hydrogen) atoms. The van der Waals surface area contributed by atoms with Gasteiger partial charge in [-0.3, -0.25) is 4.79 Å². The average Bonchev–Trinajstić information content (AvgIpc) is 2.46. The molecule has 1 aliphatic rings. The highest BCUT2D eigenvalue weighted by atomic mass is 79.9. The van der Waals surface area contributed by atoms with Crippen molar-refractivity contribution in [3.63, 3.8) is 0 Å². The molecule has 4 nitrogen and oxygen atoms in total. The second-order valence-corrected chi connectivity index (χ2v) is 7.41. The first-order chi connectivity index (χ1) is 10.8. The molecule has 1 aromatic carbocycles. The van der Waals surface area contributed by atoms with E-state index in [1.54, 1.807) is 0 Å². The van der Waals surface area contributed by atoms with E-state index in [9.17, 15) is 9.59 Å². The number of hydrogen-bond acceptors (Lipinski definition) is 4. The lowest BCUT2D eigenvalue weighted by Crippen LogP contribution is -2.37. The summed E-state index contributed by atoms with van der Waals surface area (Å²) in [6, 6.07) is 7.43. The fourth-order valence-electron chi connectivity index (χ4n) is 2.36. The normalized spacial score (nSPS) is 14.5. The summed E-state index contributed by atoms with van der Waals surface area (Å²) in [6.45, 7) is 5.56. The molecule has 1 aliphatic heterocycles. The van der Waals surface area contributed by atoms with Gasteiger partial charge in [0.25, 0.3) is 0 Å². The van der Waals surface area contributed by atoms with Gasteiger partial charge in [-0.05, 0) is 42.8 Å². The summed E-state index contributed by atoms with van der Waals surface area (Å²) in [7, 11) is 0. The number of anilines is 1. The van der Waals surface area contributed by atoms with Gasteiger partial charge < -0.3 is 9.64 Å². The molecule has 1 heterocycles. The lowest BCUT2D eigenvalue weighted by Gasteiger charge is -2.33. The highest BCUT2D eigenvalue weighted by molar-refractivity contribution is 9.12. The Labute approximate surface area is 152 Å². The number of fused-ring (bicyclic) bond motifs is 1. The van der Waals surface area contributed by atoms with Crippen molar-refractivity contribution in [2.45, 2.75) is 26.4 Å². The molecule has 2 rings (SSSR count). The van der Waals surface area contributed by atoms with E-state index in [0.29, 0.717) is 15.4 Å². The van der Waals surface area contributed by atoms with Crippen LogP contribution in [0.2, 0.25) is 0 Å². The number of hydrogen-bond donors (Lipinski definition) is 0. The minimum absolute atomic E-state index is 0.0659. The average molecular weight is 443 g/mol. The van der Waals surface area contributed by atoms with Crippen LogP contribution in [-0.4, -0.2) is 29.4 Å². The van der Waals surface area contributed by atoms with Crippen molar-refractivity contribution < 1.29 is 14.3 Å². The van der Waals surface area contributed by atoms with E-state index < -0.39 is 5.60 Å². The molecule has 0 atom stereocenters. The zero-order valence-electron chi connectivity index (χ0n) is 13.2. The number of benzene rings is 1. The van der Waals surface area contributed by atoms with Gasteiger partial charge >= 0.3 is 5.97 Å². The van der Waals surface area contributed by atoms with E-state index in [0.717, 1.165) is 16.9 Å². The van der Waals surface area contributed by atoms with Crippen molar-refractivity contribution in [2.24, 2.45) is 0 Å². The van der Waals surface area contributed by atoms with Crippen LogP contribution in [0.3, 0.4) is 0 Å². The van der Waals surface area contributed by atoms with Gasteiger partial charge in [-0.1, -0.05) is 34.1 Å². The fourth-order valence-corrected chi connectivity index (χ4v) is 3.97. The standard InChI is InChI=1S/C17H17Br2NO3/c1-17(2,3)23-15(22)9-20-13-7-5-4-6-11(13)12(10-21)16(19)14(20)8-18/h4-7H,8-9H2,1-3H3. The predicted octanol–water partition coefficient (Wildman–Crippen LogP) is 4.06. The second-order valence-electron chi connectivity index (χ2n) is 6.06. The number of para-hydroxylation sites is 1. The maximum Gasteiger partial charge on any atom is 0.326 e. The minimum Gasteiger partial charge on any atom is -0.459 e. The third-order valence-electron chi connectivity index (χ3n) is 3.20. The van der Waals surface area contributed by atoms with Crippen LogP contribution >= 0.6 is 31.9 Å². The molecule has 0 unspecified atom stereocenters. The summed E-state index contributed by atoms with van der Waals surface area (Å²) < 4.78 is 6.05. The van der Waals surface area contributed by atoms with Crippen LogP contribution in [0, 0.1) is 0 Å². The van der Waals surface area contributed by atoms with Crippen molar-refractivity contribution in [3.8, 4) is 0 Å². The number of esters is 1. The van der Waals surface area contributed by atoms with E-state index in [4.69, 9.17) is 4.74 Å². The molecule has 122 valence electrons. The molecular formula is C17H17Br2NO3. The predicted molar refractivity (Wildman–Crippen MR) is 98.5 cm³/mol. The number of nitrogens with zero attached hydrogens (tertiary/aromatic N) is 1. The van der Waals surface area contributed by atoms with Crippen molar-refractivity contribution in [2.75, 3.05) is 16.8 Å². The van der Waals surface area contributed by atoms with E-state index in [-0.39, 0.29) is 12.5 Å². The van der Waals surface area contributed by atoms with Gasteiger partial charge in [-0.15, -0.1) is 0 Å². The molecule has 6 heteroatoms. The zero-order chi connectivity index (χ0) is 17.2. The SMILES string of the molecule is CC(C)(C)OC(=O)CN1C(CBr)=C(Br)C(=C=O)c2ccccc21. The van der Waals surface area contributed by atoms with Crippen LogP contribution in [-0.2, 0) is 14.3 Å². The topological polar surface area (TPSA) is 46.6 Å². The Balaban J connectivity index is 2.46. The fraction of sp³-hybridized carbons (Fsp3) is 0.353. The van der Waals surface area contributed by atoms with Crippen LogP contribution in [0.15, 0.2) is 34.4 Å². The highest BCUT2D eigenvalue weighted by Crippen LogP contribution is 2.42. The largest absolute Gasteiger partial charge is 0.459 e. The number of allylic oxidation sites excluding steroid dienone is 3. The number of alkyl halides is 1. The second kappa shape index (κ2) is 7.04. The lowest BCUT2D eigenvalue weighted by molar-refractivity contribution is -0.152. The van der Waals surface area contributed by atoms with Crippen LogP contribution in [0.5, 0.6) is 0 Å². The van der Waals surface area contributed by atoms with Gasteiger partial charge in [-0.25, -0.2) is 4.79 Å². The molecule has 0 radical (unpaired) electrons. The maximum absolute atomic E-state index is 12.3. The van der Waals surface area contributed by atoms with E-state index in [1.165, 1.54) is 0 Å². The molecule has 0 fully saturated rings. The maximum atomic E-state index is 12.3. The first-order valence-corrected chi connectivity index (χ1v) is 8.99. The number of carbonyl (C=O) groups excluding carboxylic acids is 2. The third kappa shape index (κ3) is 3.94. The summed E-state index contributed by atoms with van der Waals surface area (Å²) in [6.07, 6.45) is 0. The Bertz CT molecular complexity index is 713. The molecule has 0 spiro atoms. The van der Waals surface area contributed by atoms with Crippen molar-refractivity contribution >= 4 is 55.0 Å². The first kappa shape index (κ1) is 18.0. The van der Waals surface area contributed by atoms with Gasteiger partial charge in [0.05, 0.1) is 15.7 Å². The van der Waals surface area contributed by atoms with E-state index in [2.05, 4.69) is 31.9 Å². The van der Waals surface area contributed by atoms with E-state index in [1.807, 2.05) is 55.9 Å². The first-order valence-electron chi connectivity index (χ1n) is 7.07. The molecule has 0 saturated carbocycles.